The highest BCUT2D eigenvalue weighted by Crippen LogP contribution is 2.25. The maximum Gasteiger partial charge on any atom is 0.273 e. The monoisotopic (exact) mass is 403 g/mol. The molecule has 0 heterocycles. The van der Waals surface area contributed by atoms with Gasteiger partial charge in [-0.05, 0) is 13.0 Å². The molecule has 0 aromatic heterocycles. The SMILES string of the molecule is Cc1ccc(S(=O)(=O)NCCNC(=O)C(Cl)(Cl)Cl)cc1[N+](=O)[O-]. The summed E-state index contributed by atoms with van der Waals surface area (Å²) in [5.74, 6) is -0.896. The van der Waals surface area contributed by atoms with Gasteiger partial charge in [0, 0.05) is 24.7 Å². The van der Waals surface area contributed by atoms with Crippen molar-refractivity contribution >= 4 is 56.4 Å². The van der Waals surface area contributed by atoms with E-state index in [0.29, 0.717) is 5.56 Å². The van der Waals surface area contributed by atoms with Gasteiger partial charge in [-0.1, -0.05) is 40.9 Å². The molecule has 8 nitrogen and oxygen atoms in total. The molecule has 1 rings (SSSR count). The average Bonchev–Trinajstić information content (AvgIpc) is 2.42. The molecule has 23 heavy (non-hydrogen) atoms. The van der Waals surface area contributed by atoms with Crippen LogP contribution in [-0.4, -0.2) is 36.1 Å². The number of rotatable bonds is 6. The van der Waals surface area contributed by atoms with Gasteiger partial charge in [-0.25, -0.2) is 13.1 Å². The number of aryl methyl sites for hydroxylation is 1. The fourth-order valence-electron chi connectivity index (χ4n) is 1.50. The molecule has 0 spiro atoms. The Hall–Kier alpha value is -1.13. The van der Waals surface area contributed by atoms with Crippen molar-refractivity contribution in [3.05, 3.63) is 33.9 Å². The molecular weight excluding hydrogens is 393 g/mol. The van der Waals surface area contributed by atoms with E-state index in [9.17, 15) is 23.3 Å². The second-order valence-corrected chi connectivity index (χ2v) is 8.41. The number of carbonyl (C=O) groups excluding carboxylic acids is 1. The van der Waals surface area contributed by atoms with Gasteiger partial charge in [-0.3, -0.25) is 14.9 Å². The van der Waals surface area contributed by atoms with E-state index < -0.39 is 24.6 Å². The lowest BCUT2D eigenvalue weighted by Gasteiger charge is -2.12. The molecule has 0 bridgehead atoms. The van der Waals surface area contributed by atoms with Crippen LogP contribution in [0.15, 0.2) is 23.1 Å². The molecule has 0 aliphatic rings. The second-order valence-electron chi connectivity index (χ2n) is 4.36. The molecule has 0 radical (unpaired) electrons. The largest absolute Gasteiger partial charge is 0.351 e. The molecule has 1 aromatic rings. The molecule has 1 aromatic carbocycles. The van der Waals surface area contributed by atoms with Gasteiger partial charge in [0.25, 0.3) is 15.4 Å². The number of hydrogen-bond donors (Lipinski definition) is 2. The smallest absolute Gasteiger partial charge is 0.273 e. The normalized spacial score (nSPS) is 12.0. The number of carbonyl (C=O) groups is 1. The third kappa shape index (κ3) is 5.78. The van der Waals surface area contributed by atoms with E-state index >= 15 is 0 Å². The van der Waals surface area contributed by atoms with Gasteiger partial charge < -0.3 is 5.32 Å². The Balaban J connectivity index is 2.72. The Kier molecular flexibility index (Phi) is 6.60. The van der Waals surface area contributed by atoms with Crippen molar-refractivity contribution < 1.29 is 18.1 Å². The Morgan fingerprint density at radius 2 is 1.91 bits per heavy atom. The minimum absolute atomic E-state index is 0.125. The fraction of sp³-hybridized carbons (Fsp3) is 0.364. The summed E-state index contributed by atoms with van der Waals surface area (Å²) in [6.07, 6.45) is 0. The summed E-state index contributed by atoms with van der Waals surface area (Å²) >= 11 is 16.0. The summed E-state index contributed by atoms with van der Waals surface area (Å²) in [5.41, 5.74) is 0.0290. The highest BCUT2D eigenvalue weighted by Gasteiger charge is 2.30. The number of benzene rings is 1. The van der Waals surface area contributed by atoms with Gasteiger partial charge >= 0.3 is 0 Å². The van der Waals surface area contributed by atoms with Crippen LogP contribution in [-0.2, 0) is 14.8 Å². The summed E-state index contributed by atoms with van der Waals surface area (Å²) in [6.45, 7) is 1.19. The van der Waals surface area contributed by atoms with Crippen molar-refractivity contribution in [3.63, 3.8) is 0 Å². The third-order valence-electron chi connectivity index (χ3n) is 2.65. The van der Waals surface area contributed by atoms with E-state index in [2.05, 4.69) is 10.0 Å². The quantitative estimate of drug-likeness (QED) is 0.323. The van der Waals surface area contributed by atoms with Crippen LogP contribution in [0.3, 0.4) is 0 Å². The van der Waals surface area contributed by atoms with Crippen LogP contribution in [0.5, 0.6) is 0 Å². The zero-order valence-corrected chi connectivity index (χ0v) is 14.8. The molecule has 2 N–H and O–H groups in total. The first-order chi connectivity index (χ1) is 10.4. The van der Waals surface area contributed by atoms with Crippen molar-refractivity contribution in [2.24, 2.45) is 0 Å². The summed E-state index contributed by atoms with van der Waals surface area (Å²) < 4.78 is 24.1. The topological polar surface area (TPSA) is 118 Å². The van der Waals surface area contributed by atoms with E-state index in [1.54, 1.807) is 0 Å². The third-order valence-corrected chi connectivity index (χ3v) is 4.62. The molecule has 0 saturated heterocycles. The van der Waals surface area contributed by atoms with Gasteiger partial charge in [-0.15, -0.1) is 0 Å². The molecule has 1 amide bonds. The molecule has 0 aliphatic carbocycles. The molecule has 0 fully saturated rings. The van der Waals surface area contributed by atoms with Gasteiger partial charge in [-0.2, -0.15) is 0 Å². The first-order valence-electron chi connectivity index (χ1n) is 6.05. The van der Waals surface area contributed by atoms with Crippen molar-refractivity contribution in [3.8, 4) is 0 Å². The number of hydrogen-bond acceptors (Lipinski definition) is 5. The number of nitrogens with zero attached hydrogens (tertiary/aromatic N) is 1. The van der Waals surface area contributed by atoms with Crippen molar-refractivity contribution in [1.82, 2.24) is 10.0 Å². The van der Waals surface area contributed by atoms with Crippen LogP contribution in [0.4, 0.5) is 5.69 Å². The molecule has 0 aliphatic heterocycles. The van der Waals surface area contributed by atoms with Crippen LogP contribution in [0.2, 0.25) is 0 Å². The highest BCUT2D eigenvalue weighted by atomic mass is 35.6. The number of sulfonamides is 1. The maximum absolute atomic E-state index is 12.0. The van der Waals surface area contributed by atoms with E-state index in [0.717, 1.165) is 6.07 Å². The lowest BCUT2D eigenvalue weighted by molar-refractivity contribution is -0.385. The van der Waals surface area contributed by atoms with Crippen molar-refractivity contribution in [2.45, 2.75) is 15.6 Å². The lowest BCUT2D eigenvalue weighted by Crippen LogP contribution is -2.39. The van der Waals surface area contributed by atoms with Gasteiger partial charge in [0.2, 0.25) is 10.0 Å². The van der Waals surface area contributed by atoms with Crippen LogP contribution in [0, 0.1) is 17.0 Å². The molecule has 12 heteroatoms. The Labute approximate surface area is 147 Å². The van der Waals surface area contributed by atoms with Crippen LogP contribution < -0.4 is 10.0 Å². The second kappa shape index (κ2) is 7.63. The Bertz CT molecular complexity index is 718. The number of nitro groups is 1. The number of nitro benzene ring substituents is 1. The zero-order valence-electron chi connectivity index (χ0n) is 11.7. The van der Waals surface area contributed by atoms with Crippen molar-refractivity contribution in [2.75, 3.05) is 13.1 Å². The number of alkyl halides is 3. The molecule has 0 unspecified atom stereocenters. The van der Waals surface area contributed by atoms with E-state index in [-0.39, 0.29) is 23.7 Å². The maximum atomic E-state index is 12.0. The minimum atomic E-state index is -3.97. The van der Waals surface area contributed by atoms with Crippen molar-refractivity contribution in [1.29, 1.82) is 0 Å². The fourth-order valence-corrected chi connectivity index (χ4v) is 2.75. The predicted molar refractivity (Wildman–Crippen MR) is 86.3 cm³/mol. The standard InChI is InChI=1S/C11H12Cl3N3O5S/c1-7-2-3-8(6-9(7)17(19)20)23(21,22)16-5-4-15-10(18)11(12,13)14/h2-3,6,16H,4-5H2,1H3,(H,15,18). The molecular formula is C11H12Cl3N3O5S. The Morgan fingerprint density at radius 3 is 2.43 bits per heavy atom. The highest BCUT2D eigenvalue weighted by molar-refractivity contribution is 7.89. The molecule has 0 atom stereocenters. The van der Waals surface area contributed by atoms with Crippen LogP contribution in [0.25, 0.3) is 0 Å². The van der Waals surface area contributed by atoms with Crippen LogP contribution in [0.1, 0.15) is 5.56 Å². The first kappa shape index (κ1) is 19.9. The van der Waals surface area contributed by atoms with E-state index in [1.165, 1.54) is 19.1 Å². The predicted octanol–water partition coefficient (Wildman–Crippen LogP) is 1.67. The summed E-state index contributed by atoms with van der Waals surface area (Å²) in [7, 11) is -3.97. The van der Waals surface area contributed by atoms with Gasteiger partial charge in [0.05, 0.1) is 9.82 Å². The number of nitrogens with one attached hydrogen (secondary N) is 2. The Morgan fingerprint density at radius 1 is 1.30 bits per heavy atom. The van der Waals surface area contributed by atoms with E-state index in [4.69, 9.17) is 34.8 Å². The average molecular weight is 405 g/mol. The number of halogens is 3. The first-order valence-corrected chi connectivity index (χ1v) is 8.66. The van der Waals surface area contributed by atoms with Gasteiger partial charge in [0.1, 0.15) is 0 Å². The number of amides is 1. The summed E-state index contributed by atoms with van der Waals surface area (Å²) in [4.78, 5) is 21.2. The minimum Gasteiger partial charge on any atom is -0.351 e. The van der Waals surface area contributed by atoms with E-state index in [1.807, 2.05) is 0 Å². The lowest BCUT2D eigenvalue weighted by atomic mass is 10.2. The van der Waals surface area contributed by atoms with Crippen LogP contribution >= 0.6 is 34.8 Å². The summed E-state index contributed by atoms with van der Waals surface area (Å²) in [6, 6.07) is 3.53. The molecule has 128 valence electrons. The summed E-state index contributed by atoms with van der Waals surface area (Å²) in [5, 5.41) is 13.1. The zero-order chi connectivity index (χ0) is 17.8. The van der Waals surface area contributed by atoms with Gasteiger partial charge in [0.15, 0.2) is 0 Å². The molecule has 0 saturated carbocycles.